The first-order valence-electron chi connectivity index (χ1n) is 12.7. The lowest BCUT2D eigenvalue weighted by Crippen LogP contribution is -2.42. The lowest BCUT2D eigenvalue weighted by atomic mass is 9.97. The second kappa shape index (κ2) is 11.3. The van der Waals surface area contributed by atoms with Crippen LogP contribution in [0.5, 0.6) is 5.75 Å². The molecular weight excluding hydrogens is 456 g/mol. The number of carbonyl (C=O) groups excluding carboxylic acids is 2. The SMILES string of the molecule is CCOC(=O)C1CCN(C[C@H](O)COc2ccc3c(c2)c(C(C)=O)c(C)n3-c2ccc(C)cc2)CC1. The number of aliphatic hydroxyl groups is 1. The lowest BCUT2D eigenvalue weighted by molar-refractivity contribution is -0.149. The number of likely N-dealkylation sites (tertiary alicyclic amines) is 1. The van der Waals surface area contributed by atoms with E-state index in [0.29, 0.717) is 24.5 Å². The molecule has 3 aromatic rings. The number of benzene rings is 2. The van der Waals surface area contributed by atoms with Crippen molar-refractivity contribution in [1.29, 1.82) is 0 Å². The van der Waals surface area contributed by atoms with E-state index < -0.39 is 6.10 Å². The zero-order chi connectivity index (χ0) is 25.8. The molecule has 7 nitrogen and oxygen atoms in total. The van der Waals surface area contributed by atoms with Crippen LogP contribution in [0.4, 0.5) is 0 Å². The van der Waals surface area contributed by atoms with Gasteiger partial charge < -0.3 is 24.0 Å². The average molecular weight is 493 g/mol. The third-order valence-electron chi connectivity index (χ3n) is 6.94. The van der Waals surface area contributed by atoms with Crippen LogP contribution in [0.2, 0.25) is 0 Å². The topological polar surface area (TPSA) is 81.0 Å². The van der Waals surface area contributed by atoms with Crippen molar-refractivity contribution in [2.45, 2.75) is 46.6 Å². The zero-order valence-electron chi connectivity index (χ0n) is 21.6. The van der Waals surface area contributed by atoms with Gasteiger partial charge in [0.05, 0.1) is 18.0 Å². The Kier molecular flexibility index (Phi) is 8.11. The molecule has 0 spiro atoms. The van der Waals surface area contributed by atoms with Gasteiger partial charge in [0.2, 0.25) is 0 Å². The van der Waals surface area contributed by atoms with Crippen molar-refractivity contribution in [2.75, 3.05) is 32.8 Å². The summed E-state index contributed by atoms with van der Waals surface area (Å²) >= 11 is 0. The molecule has 1 fully saturated rings. The van der Waals surface area contributed by atoms with Crippen molar-refractivity contribution in [3.8, 4) is 11.4 Å². The number of nitrogens with zero attached hydrogens (tertiary/aromatic N) is 2. The first-order chi connectivity index (χ1) is 17.3. The number of ether oxygens (including phenoxy) is 2. The number of Topliss-reactive ketones (excluding diaryl/α,β-unsaturated/α-hetero) is 1. The maximum atomic E-state index is 12.6. The van der Waals surface area contributed by atoms with Crippen LogP contribution in [0.15, 0.2) is 42.5 Å². The van der Waals surface area contributed by atoms with E-state index in [0.717, 1.165) is 48.2 Å². The largest absolute Gasteiger partial charge is 0.491 e. The predicted octanol–water partition coefficient (Wildman–Crippen LogP) is 4.46. The van der Waals surface area contributed by atoms with Crippen molar-refractivity contribution >= 4 is 22.7 Å². The Morgan fingerprint density at radius 3 is 2.42 bits per heavy atom. The molecular formula is C29H36N2O5. The predicted molar refractivity (Wildman–Crippen MR) is 140 cm³/mol. The van der Waals surface area contributed by atoms with Gasteiger partial charge in [0, 0.05) is 28.9 Å². The van der Waals surface area contributed by atoms with E-state index in [1.165, 1.54) is 5.56 Å². The number of hydrogen-bond acceptors (Lipinski definition) is 6. The molecule has 192 valence electrons. The number of ketones is 1. The minimum absolute atomic E-state index is 0.00627. The monoisotopic (exact) mass is 492 g/mol. The summed E-state index contributed by atoms with van der Waals surface area (Å²) in [5.41, 5.74) is 4.70. The minimum atomic E-state index is -0.661. The highest BCUT2D eigenvalue weighted by atomic mass is 16.5. The number of piperidine rings is 1. The summed E-state index contributed by atoms with van der Waals surface area (Å²) in [6.07, 6.45) is 0.827. The summed E-state index contributed by atoms with van der Waals surface area (Å²) in [6.45, 7) is 9.97. The summed E-state index contributed by atoms with van der Waals surface area (Å²) in [5, 5.41) is 11.4. The molecule has 2 aromatic carbocycles. The van der Waals surface area contributed by atoms with E-state index in [1.807, 2.05) is 32.0 Å². The standard InChI is InChI=1S/C29H36N2O5/c1-5-35-29(34)22-12-14-30(15-13-22)17-24(33)18-36-25-10-11-27-26(16-25)28(21(4)32)20(3)31(27)23-8-6-19(2)7-9-23/h6-11,16,22,24,33H,5,12-15,17-18H2,1-4H3/t24-/m0/s1. The van der Waals surface area contributed by atoms with Crippen LogP contribution < -0.4 is 4.74 Å². The average Bonchev–Trinajstić information content (AvgIpc) is 3.15. The Morgan fingerprint density at radius 1 is 1.08 bits per heavy atom. The molecule has 1 saturated heterocycles. The van der Waals surface area contributed by atoms with E-state index in [2.05, 4.69) is 40.7 Å². The zero-order valence-corrected chi connectivity index (χ0v) is 21.6. The van der Waals surface area contributed by atoms with Gasteiger partial charge in [0.1, 0.15) is 18.5 Å². The summed E-state index contributed by atoms with van der Waals surface area (Å²) in [4.78, 5) is 26.6. The van der Waals surface area contributed by atoms with Gasteiger partial charge in [0.25, 0.3) is 0 Å². The molecule has 0 aliphatic carbocycles. The fraction of sp³-hybridized carbons (Fsp3) is 0.448. The van der Waals surface area contributed by atoms with E-state index in [4.69, 9.17) is 9.47 Å². The van der Waals surface area contributed by atoms with Crippen LogP contribution in [0.1, 0.15) is 48.3 Å². The Labute approximate surface area is 212 Å². The highest BCUT2D eigenvalue weighted by Crippen LogP contribution is 2.32. The third-order valence-corrected chi connectivity index (χ3v) is 6.94. The lowest BCUT2D eigenvalue weighted by Gasteiger charge is -2.32. The number of fused-ring (bicyclic) bond motifs is 1. The second-order valence-electron chi connectivity index (χ2n) is 9.66. The summed E-state index contributed by atoms with van der Waals surface area (Å²) in [5.74, 6) is 0.457. The van der Waals surface area contributed by atoms with Gasteiger partial charge in [-0.25, -0.2) is 0 Å². The molecule has 0 bridgehead atoms. The smallest absolute Gasteiger partial charge is 0.309 e. The molecule has 0 amide bonds. The highest BCUT2D eigenvalue weighted by Gasteiger charge is 2.27. The second-order valence-corrected chi connectivity index (χ2v) is 9.66. The molecule has 1 N–H and O–H groups in total. The van der Waals surface area contributed by atoms with Gasteiger partial charge in [-0.2, -0.15) is 0 Å². The number of β-amino-alcohol motifs (C(OH)–C–C–N with tert-alkyl or cyclic N) is 1. The number of aromatic nitrogens is 1. The molecule has 1 aliphatic heterocycles. The summed E-state index contributed by atoms with van der Waals surface area (Å²) in [7, 11) is 0. The van der Waals surface area contributed by atoms with Crippen molar-refractivity contribution < 1.29 is 24.2 Å². The molecule has 1 aliphatic rings. The summed E-state index contributed by atoms with van der Waals surface area (Å²) < 4.78 is 13.2. The Morgan fingerprint density at radius 2 is 1.78 bits per heavy atom. The molecule has 1 atom stereocenters. The van der Waals surface area contributed by atoms with Gasteiger partial charge in [-0.15, -0.1) is 0 Å². The van der Waals surface area contributed by atoms with Crippen LogP contribution in [0.3, 0.4) is 0 Å². The van der Waals surface area contributed by atoms with E-state index in [9.17, 15) is 14.7 Å². The van der Waals surface area contributed by atoms with Gasteiger partial charge in [-0.05, 0) is 84.0 Å². The molecule has 36 heavy (non-hydrogen) atoms. The Hall–Kier alpha value is -3.16. The fourth-order valence-corrected chi connectivity index (χ4v) is 5.11. The van der Waals surface area contributed by atoms with Crippen molar-refractivity contribution in [3.63, 3.8) is 0 Å². The molecule has 4 rings (SSSR count). The van der Waals surface area contributed by atoms with Crippen LogP contribution in [-0.2, 0) is 9.53 Å². The van der Waals surface area contributed by atoms with Gasteiger partial charge >= 0.3 is 5.97 Å². The summed E-state index contributed by atoms with van der Waals surface area (Å²) in [6, 6.07) is 14.0. The van der Waals surface area contributed by atoms with Crippen LogP contribution in [0, 0.1) is 19.8 Å². The number of aliphatic hydroxyl groups excluding tert-OH is 1. The number of carbonyl (C=O) groups is 2. The molecule has 0 radical (unpaired) electrons. The Balaban J connectivity index is 1.43. The first-order valence-corrected chi connectivity index (χ1v) is 12.7. The molecule has 0 saturated carbocycles. The van der Waals surface area contributed by atoms with Crippen LogP contribution in [-0.4, -0.2) is 65.3 Å². The normalized spacial score (nSPS) is 15.7. The van der Waals surface area contributed by atoms with Gasteiger partial charge in [-0.3, -0.25) is 9.59 Å². The van der Waals surface area contributed by atoms with E-state index >= 15 is 0 Å². The highest BCUT2D eigenvalue weighted by molar-refractivity contribution is 6.09. The van der Waals surface area contributed by atoms with Gasteiger partial charge in [-0.1, -0.05) is 17.7 Å². The van der Waals surface area contributed by atoms with Crippen LogP contribution >= 0.6 is 0 Å². The molecule has 1 aromatic heterocycles. The number of rotatable bonds is 9. The van der Waals surface area contributed by atoms with Crippen molar-refractivity contribution in [3.05, 3.63) is 59.3 Å². The first kappa shape index (κ1) is 25.9. The Bertz CT molecular complexity index is 1220. The maximum Gasteiger partial charge on any atom is 0.309 e. The van der Waals surface area contributed by atoms with Crippen molar-refractivity contribution in [2.24, 2.45) is 5.92 Å². The van der Waals surface area contributed by atoms with Gasteiger partial charge in [0.15, 0.2) is 5.78 Å². The quantitative estimate of drug-likeness (QED) is 0.351. The van der Waals surface area contributed by atoms with Crippen molar-refractivity contribution in [1.82, 2.24) is 9.47 Å². The fourth-order valence-electron chi connectivity index (χ4n) is 5.11. The number of hydrogen-bond donors (Lipinski definition) is 1. The third kappa shape index (κ3) is 5.63. The van der Waals surface area contributed by atoms with E-state index in [1.54, 1.807) is 6.92 Å². The maximum absolute atomic E-state index is 12.6. The molecule has 7 heteroatoms. The minimum Gasteiger partial charge on any atom is -0.491 e. The number of esters is 1. The molecule has 0 unspecified atom stereocenters. The molecule has 2 heterocycles. The number of aryl methyl sites for hydroxylation is 1. The van der Waals surface area contributed by atoms with Crippen LogP contribution in [0.25, 0.3) is 16.6 Å². The van der Waals surface area contributed by atoms with E-state index in [-0.39, 0.29) is 24.3 Å².